The second-order valence-corrected chi connectivity index (χ2v) is 7.55. The summed E-state index contributed by atoms with van der Waals surface area (Å²) in [6.45, 7) is 1.85. The van der Waals surface area contributed by atoms with Crippen molar-refractivity contribution in [2.24, 2.45) is 0 Å². The minimum atomic E-state index is -0.347. The average Bonchev–Trinajstić information content (AvgIpc) is 3.33. The van der Waals surface area contributed by atoms with Crippen LogP contribution in [0.1, 0.15) is 5.56 Å². The molecule has 0 spiro atoms. The second kappa shape index (κ2) is 8.51. The molecule has 0 saturated heterocycles. The maximum atomic E-state index is 13.0. The minimum Gasteiger partial charge on any atom is -0.334 e. The van der Waals surface area contributed by atoms with E-state index >= 15 is 0 Å². The first-order valence-corrected chi connectivity index (χ1v) is 10.3. The van der Waals surface area contributed by atoms with Gasteiger partial charge in [0, 0.05) is 23.3 Å². The number of carbonyl (C=O) groups is 1. The third-order valence-corrected chi connectivity index (χ3v) is 5.21. The van der Waals surface area contributed by atoms with Gasteiger partial charge < -0.3 is 9.84 Å². The Bertz CT molecular complexity index is 1510. The van der Waals surface area contributed by atoms with Gasteiger partial charge in [0.25, 0.3) is 11.4 Å². The van der Waals surface area contributed by atoms with Crippen molar-refractivity contribution in [3.8, 4) is 23.0 Å². The summed E-state index contributed by atoms with van der Waals surface area (Å²) in [5.41, 5.74) is 3.08. The fraction of sp³-hybridized carbons (Fsp3) is 0.0800. The summed E-state index contributed by atoms with van der Waals surface area (Å²) in [5, 5.41) is 7.55. The predicted octanol–water partition coefficient (Wildman–Crippen LogP) is 4.06. The van der Waals surface area contributed by atoms with E-state index in [1.54, 1.807) is 24.4 Å². The zero-order chi connectivity index (χ0) is 22.8. The Morgan fingerprint density at radius 2 is 1.82 bits per heavy atom. The highest BCUT2D eigenvalue weighted by molar-refractivity contribution is 5.95. The maximum absolute atomic E-state index is 13.0. The van der Waals surface area contributed by atoms with Crippen molar-refractivity contribution in [1.82, 2.24) is 19.7 Å². The molecule has 33 heavy (non-hydrogen) atoms. The highest BCUT2D eigenvalue weighted by atomic mass is 16.5. The lowest BCUT2D eigenvalue weighted by Crippen LogP contribution is -2.27. The molecule has 3 heterocycles. The van der Waals surface area contributed by atoms with Crippen molar-refractivity contribution < 1.29 is 9.32 Å². The van der Waals surface area contributed by atoms with E-state index in [0.29, 0.717) is 28.3 Å². The molecule has 5 aromatic rings. The van der Waals surface area contributed by atoms with E-state index in [0.717, 1.165) is 10.9 Å². The third-order valence-electron chi connectivity index (χ3n) is 5.21. The summed E-state index contributed by atoms with van der Waals surface area (Å²) < 4.78 is 6.88. The molecule has 0 aliphatic carbocycles. The first kappa shape index (κ1) is 20.3. The molecule has 0 saturated carbocycles. The number of benzene rings is 2. The standard InChI is InChI=1S/C25H19N5O3/c1-16-9-11-17(12-10-16)27-22(31)15-30-21-8-3-2-6-18(21)19(14-23(30)32)25-28-24(29-33-25)20-7-4-5-13-26-20/h2-14H,15H2,1H3,(H,27,31). The van der Waals surface area contributed by atoms with Crippen LogP contribution in [-0.2, 0) is 11.3 Å². The van der Waals surface area contributed by atoms with Crippen LogP contribution in [0.5, 0.6) is 0 Å². The zero-order valence-electron chi connectivity index (χ0n) is 17.7. The SMILES string of the molecule is Cc1ccc(NC(=O)Cn2c(=O)cc(-c3nc(-c4ccccn4)no3)c3ccccc32)cc1. The van der Waals surface area contributed by atoms with Crippen LogP contribution in [0.3, 0.4) is 0 Å². The molecule has 0 fully saturated rings. The molecule has 0 aliphatic rings. The average molecular weight is 437 g/mol. The van der Waals surface area contributed by atoms with Gasteiger partial charge in [0.2, 0.25) is 11.7 Å². The second-order valence-electron chi connectivity index (χ2n) is 7.55. The quantitative estimate of drug-likeness (QED) is 0.445. The summed E-state index contributed by atoms with van der Waals surface area (Å²) in [5.74, 6) is 0.241. The molecule has 0 aliphatic heterocycles. The van der Waals surface area contributed by atoms with Gasteiger partial charge in [0.05, 0.1) is 11.1 Å². The Morgan fingerprint density at radius 3 is 2.61 bits per heavy atom. The van der Waals surface area contributed by atoms with Crippen LogP contribution in [-0.4, -0.2) is 25.6 Å². The van der Waals surface area contributed by atoms with Crippen LogP contribution in [0.2, 0.25) is 0 Å². The Morgan fingerprint density at radius 1 is 1.03 bits per heavy atom. The van der Waals surface area contributed by atoms with Crippen LogP contribution < -0.4 is 10.9 Å². The zero-order valence-corrected chi connectivity index (χ0v) is 17.7. The number of amides is 1. The van der Waals surface area contributed by atoms with Crippen molar-refractivity contribution in [2.45, 2.75) is 13.5 Å². The number of nitrogens with one attached hydrogen (secondary N) is 1. The number of hydrogen-bond donors (Lipinski definition) is 1. The highest BCUT2D eigenvalue weighted by Crippen LogP contribution is 2.27. The van der Waals surface area contributed by atoms with Crippen molar-refractivity contribution >= 4 is 22.5 Å². The fourth-order valence-corrected chi connectivity index (χ4v) is 3.59. The topological polar surface area (TPSA) is 103 Å². The Labute approximate surface area is 188 Å². The molecule has 8 nitrogen and oxygen atoms in total. The molecule has 0 bridgehead atoms. The van der Waals surface area contributed by atoms with Crippen LogP contribution in [0.25, 0.3) is 33.9 Å². The number of carbonyl (C=O) groups excluding carboxylic acids is 1. The molecular weight excluding hydrogens is 418 g/mol. The van der Waals surface area contributed by atoms with E-state index in [2.05, 4.69) is 20.4 Å². The third kappa shape index (κ3) is 4.14. The number of aromatic nitrogens is 4. The van der Waals surface area contributed by atoms with Crippen LogP contribution in [0.15, 0.2) is 88.3 Å². The van der Waals surface area contributed by atoms with Crippen molar-refractivity contribution in [3.05, 3.63) is 94.9 Å². The van der Waals surface area contributed by atoms with Gasteiger partial charge in [-0.2, -0.15) is 4.98 Å². The number of para-hydroxylation sites is 1. The molecule has 8 heteroatoms. The molecule has 0 unspecified atom stereocenters. The molecule has 2 aromatic carbocycles. The largest absolute Gasteiger partial charge is 0.334 e. The number of nitrogens with zero attached hydrogens (tertiary/aromatic N) is 4. The first-order chi connectivity index (χ1) is 16.1. The van der Waals surface area contributed by atoms with E-state index in [4.69, 9.17) is 4.52 Å². The Balaban J connectivity index is 1.50. The van der Waals surface area contributed by atoms with Gasteiger partial charge in [-0.3, -0.25) is 19.1 Å². The van der Waals surface area contributed by atoms with E-state index in [1.165, 1.54) is 10.6 Å². The van der Waals surface area contributed by atoms with Crippen LogP contribution >= 0.6 is 0 Å². The Kier molecular flexibility index (Phi) is 5.24. The smallest absolute Gasteiger partial charge is 0.259 e. The molecule has 0 radical (unpaired) electrons. The van der Waals surface area contributed by atoms with E-state index in [9.17, 15) is 9.59 Å². The minimum absolute atomic E-state index is 0.128. The van der Waals surface area contributed by atoms with Gasteiger partial charge in [0.1, 0.15) is 12.2 Å². The monoisotopic (exact) mass is 437 g/mol. The molecule has 5 rings (SSSR count). The van der Waals surface area contributed by atoms with Crippen molar-refractivity contribution in [3.63, 3.8) is 0 Å². The number of fused-ring (bicyclic) bond motifs is 1. The number of rotatable bonds is 5. The first-order valence-electron chi connectivity index (χ1n) is 10.3. The fourth-order valence-electron chi connectivity index (χ4n) is 3.59. The van der Waals surface area contributed by atoms with Crippen molar-refractivity contribution in [1.29, 1.82) is 0 Å². The maximum Gasteiger partial charge on any atom is 0.259 e. The summed E-state index contributed by atoms with van der Waals surface area (Å²) in [6.07, 6.45) is 1.64. The molecule has 3 aromatic heterocycles. The predicted molar refractivity (Wildman–Crippen MR) is 125 cm³/mol. The molecular formula is C25H19N5O3. The summed E-state index contributed by atoms with van der Waals surface area (Å²) in [7, 11) is 0. The van der Waals surface area contributed by atoms with Gasteiger partial charge in [-0.1, -0.05) is 47.1 Å². The lowest BCUT2D eigenvalue weighted by Gasteiger charge is -2.12. The van der Waals surface area contributed by atoms with E-state index < -0.39 is 0 Å². The summed E-state index contributed by atoms with van der Waals surface area (Å²) in [4.78, 5) is 34.3. The number of hydrogen-bond acceptors (Lipinski definition) is 6. The number of aryl methyl sites for hydroxylation is 1. The number of pyridine rings is 2. The van der Waals surface area contributed by atoms with E-state index in [1.807, 2.05) is 55.5 Å². The van der Waals surface area contributed by atoms with Gasteiger partial charge in [-0.15, -0.1) is 0 Å². The normalized spacial score (nSPS) is 10.9. The lowest BCUT2D eigenvalue weighted by molar-refractivity contribution is -0.116. The number of anilines is 1. The van der Waals surface area contributed by atoms with Gasteiger partial charge in [0.15, 0.2) is 0 Å². The molecule has 1 amide bonds. The van der Waals surface area contributed by atoms with Crippen molar-refractivity contribution in [2.75, 3.05) is 5.32 Å². The van der Waals surface area contributed by atoms with Gasteiger partial charge in [-0.25, -0.2) is 0 Å². The van der Waals surface area contributed by atoms with Crippen LogP contribution in [0, 0.1) is 6.92 Å². The summed E-state index contributed by atoms with van der Waals surface area (Å²) in [6, 6.07) is 21.6. The Hall–Kier alpha value is -4.59. The van der Waals surface area contributed by atoms with Gasteiger partial charge in [-0.05, 0) is 37.3 Å². The van der Waals surface area contributed by atoms with Gasteiger partial charge >= 0.3 is 0 Å². The van der Waals surface area contributed by atoms with E-state index in [-0.39, 0.29) is 23.9 Å². The van der Waals surface area contributed by atoms with Crippen LogP contribution in [0.4, 0.5) is 5.69 Å². The lowest BCUT2D eigenvalue weighted by atomic mass is 10.1. The molecule has 0 atom stereocenters. The summed E-state index contributed by atoms with van der Waals surface area (Å²) >= 11 is 0. The molecule has 162 valence electrons. The molecule has 1 N–H and O–H groups in total. The highest BCUT2D eigenvalue weighted by Gasteiger charge is 2.18.